The summed E-state index contributed by atoms with van der Waals surface area (Å²) < 4.78 is 11.9. The van der Waals surface area contributed by atoms with Crippen LogP contribution in [0.2, 0.25) is 0 Å². The Hall–Kier alpha value is 0.230. The second kappa shape index (κ2) is 5.04. The van der Waals surface area contributed by atoms with Gasteiger partial charge in [0.25, 0.3) is 0 Å². The van der Waals surface area contributed by atoms with Crippen LogP contribution in [-0.4, -0.2) is 36.5 Å². The van der Waals surface area contributed by atoms with Crippen molar-refractivity contribution in [2.75, 3.05) is 24.7 Å². The van der Waals surface area contributed by atoms with Gasteiger partial charge in [-0.3, -0.25) is 0 Å². The molecule has 2 aliphatic rings. The highest BCUT2D eigenvalue weighted by Gasteiger charge is 2.43. The number of hydrogen-bond donors (Lipinski definition) is 1. The third-order valence-electron chi connectivity index (χ3n) is 3.41. The quantitative estimate of drug-likeness (QED) is 0.801. The Morgan fingerprint density at radius 3 is 2.80 bits per heavy atom. The van der Waals surface area contributed by atoms with Gasteiger partial charge in [0.05, 0.1) is 12.7 Å². The minimum Gasteiger partial charge on any atom is -0.347 e. The average molecular weight is 231 g/mol. The molecule has 2 unspecified atom stereocenters. The van der Waals surface area contributed by atoms with Crippen molar-refractivity contribution in [1.29, 1.82) is 0 Å². The van der Waals surface area contributed by atoms with E-state index in [1.165, 1.54) is 24.3 Å². The first-order chi connectivity index (χ1) is 7.24. The number of thioether (sulfide) groups is 1. The summed E-state index contributed by atoms with van der Waals surface area (Å²) in [5.41, 5.74) is 5.54. The lowest BCUT2D eigenvalue weighted by Crippen LogP contribution is -2.38. The Bertz CT molecular complexity index is 209. The minimum atomic E-state index is -0.333. The van der Waals surface area contributed by atoms with Crippen molar-refractivity contribution >= 4 is 11.8 Å². The number of hydrogen-bond acceptors (Lipinski definition) is 4. The fourth-order valence-corrected chi connectivity index (χ4v) is 3.53. The van der Waals surface area contributed by atoms with Crippen LogP contribution in [0, 0.1) is 5.92 Å². The van der Waals surface area contributed by atoms with Crippen LogP contribution in [0.25, 0.3) is 0 Å². The highest BCUT2D eigenvalue weighted by atomic mass is 32.2. The molecule has 0 saturated carbocycles. The summed E-state index contributed by atoms with van der Waals surface area (Å²) in [4.78, 5) is 0. The SMILES string of the molecule is CC1(C2CCSCC2)OCC(CCN)O1. The smallest absolute Gasteiger partial charge is 0.168 e. The number of rotatable bonds is 3. The number of ether oxygens (including phenoxy) is 2. The Balaban J connectivity index is 1.89. The largest absolute Gasteiger partial charge is 0.347 e. The first-order valence-electron chi connectivity index (χ1n) is 5.84. The molecule has 0 aromatic heterocycles. The van der Waals surface area contributed by atoms with Gasteiger partial charge in [0.1, 0.15) is 0 Å². The fourth-order valence-electron chi connectivity index (χ4n) is 2.42. The molecule has 15 heavy (non-hydrogen) atoms. The summed E-state index contributed by atoms with van der Waals surface area (Å²) in [6.45, 7) is 3.51. The van der Waals surface area contributed by atoms with E-state index in [-0.39, 0.29) is 11.9 Å². The molecule has 0 aliphatic carbocycles. The van der Waals surface area contributed by atoms with E-state index in [9.17, 15) is 0 Å². The molecule has 3 nitrogen and oxygen atoms in total. The second-order valence-corrected chi connectivity index (χ2v) is 5.76. The summed E-state index contributed by atoms with van der Waals surface area (Å²) in [5, 5.41) is 0. The van der Waals surface area contributed by atoms with Gasteiger partial charge in [0, 0.05) is 5.92 Å². The molecule has 0 bridgehead atoms. The average Bonchev–Trinajstić information content (AvgIpc) is 2.64. The normalized spacial score (nSPS) is 38.4. The molecule has 0 radical (unpaired) electrons. The highest BCUT2D eigenvalue weighted by molar-refractivity contribution is 7.99. The van der Waals surface area contributed by atoms with E-state index in [0.29, 0.717) is 12.5 Å². The predicted octanol–water partition coefficient (Wildman–Crippen LogP) is 1.61. The van der Waals surface area contributed by atoms with Crippen molar-refractivity contribution in [2.45, 2.75) is 38.1 Å². The van der Waals surface area contributed by atoms with E-state index in [1.807, 2.05) is 11.8 Å². The van der Waals surface area contributed by atoms with Gasteiger partial charge in [-0.05, 0) is 44.2 Å². The lowest BCUT2D eigenvalue weighted by molar-refractivity contribution is -0.193. The Morgan fingerprint density at radius 1 is 1.40 bits per heavy atom. The summed E-state index contributed by atoms with van der Waals surface area (Å²) in [7, 11) is 0. The lowest BCUT2D eigenvalue weighted by Gasteiger charge is -2.35. The molecule has 88 valence electrons. The lowest BCUT2D eigenvalue weighted by atomic mass is 9.94. The third kappa shape index (κ3) is 2.67. The minimum absolute atomic E-state index is 0.217. The molecule has 0 aromatic rings. The van der Waals surface area contributed by atoms with E-state index in [1.54, 1.807) is 0 Å². The Labute approximate surface area is 96.1 Å². The maximum Gasteiger partial charge on any atom is 0.168 e. The zero-order chi connectivity index (χ0) is 10.7. The topological polar surface area (TPSA) is 44.5 Å². The van der Waals surface area contributed by atoms with Crippen molar-refractivity contribution in [3.63, 3.8) is 0 Å². The summed E-state index contributed by atoms with van der Waals surface area (Å²) in [6, 6.07) is 0. The van der Waals surface area contributed by atoms with Crippen LogP contribution >= 0.6 is 11.8 Å². The van der Waals surface area contributed by atoms with Gasteiger partial charge < -0.3 is 15.2 Å². The molecule has 0 aromatic carbocycles. The van der Waals surface area contributed by atoms with Crippen LogP contribution in [-0.2, 0) is 9.47 Å². The molecule has 2 saturated heterocycles. The van der Waals surface area contributed by atoms with Crippen LogP contribution in [0.15, 0.2) is 0 Å². The molecule has 2 heterocycles. The fraction of sp³-hybridized carbons (Fsp3) is 1.00. The maximum absolute atomic E-state index is 6.02. The molecule has 0 amide bonds. The van der Waals surface area contributed by atoms with Crippen molar-refractivity contribution < 1.29 is 9.47 Å². The Kier molecular flexibility index (Phi) is 3.93. The van der Waals surface area contributed by atoms with Crippen LogP contribution in [0.1, 0.15) is 26.2 Å². The van der Waals surface area contributed by atoms with Crippen LogP contribution < -0.4 is 5.73 Å². The van der Waals surface area contributed by atoms with Crippen molar-refractivity contribution in [1.82, 2.24) is 0 Å². The van der Waals surface area contributed by atoms with Gasteiger partial charge in [-0.1, -0.05) is 0 Å². The molecule has 0 spiro atoms. The molecule has 2 aliphatic heterocycles. The molecule has 4 heteroatoms. The Morgan fingerprint density at radius 2 is 2.13 bits per heavy atom. The zero-order valence-electron chi connectivity index (χ0n) is 9.41. The summed E-state index contributed by atoms with van der Waals surface area (Å²) >= 11 is 2.04. The van der Waals surface area contributed by atoms with Crippen LogP contribution in [0.3, 0.4) is 0 Å². The van der Waals surface area contributed by atoms with Crippen LogP contribution in [0.5, 0.6) is 0 Å². The first-order valence-corrected chi connectivity index (χ1v) is 6.99. The van der Waals surface area contributed by atoms with Crippen LogP contribution in [0.4, 0.5) is 0 Å². The molecule has 2 N–H and O–H groups in total. The van der Waals surface area contributed by atoms with E-state index >= 15 is 0 Å². The number of nitrogens with two attached hydrogens (primary N) is 1. The van der Waals surface area contributed by atoms with Gasteiger partial charge in [-0.25, -0.2) is 0 Å². The standard InChI is InChI=1S/C11H21NO2S/c1-11(9-3-6-15-7-4-9)13-8-10(14-11)2-5-12/h9-10H,2-8,12H2,1H3. The maximum atomic E-state index is 6.02. The van der Waals surface area contributed by atoms with E-state index in [4.69, 9.17) is 15.2 Å². The molecular weight excluding hydrogens is 210 g/mol. The van der Waals surface area contributed by atoms with Gasteiger partial charge in [-0.15, -0.1) is 0 Å². The molecule has 2 rings (SSSR count). The molecule has 2 atom stereocenters. The monoisotopic (exact) mass is 231 g/mol. The molecule has 2 fully saturated rings. The van der Waals surface area contributed by atoms with Gasteiger partial charge in [-0.2, -0.15) is 11.8 Å². The molecular formula is C11H21NO2S. The summed E-state index contributed by atoms with van der Waals surface area (Å²) in [5.74, 6) is 2.73. The first kappa shape index (κ1) is 11.7. The van der Waals surface area contributed by atoms with E-state index in [2.05, 4.69) is 6.92 Å². The summed E-state index contributed by atoms with van der Waals surface area (Å²) in [6.07, 6.45) is 3.57. The van der Waals surface area contributed by atoms with Crippen molar-refractivity contribution in [3.05, 3.63) is 0 Å². The second-order valence-electron chi connectivity index (χ2n) is 4.53. The van der Waals surface area contributed by atoms with Crippen molar-refractivity contribution in [2.24, 2.45) is 11.7 Å². The van der Waals surface area contributed by atoms with E-state index < -0.39 is 0 Å². The van der Waals surface area contributed by atoms with E-state index in [0.717, 1.165) is 13.0 Å². The van der Waals surface area contributed by atoms with Gasteiger partial charge in [0.15, 0.2) is 5.79 Å². The predicted molar refractivity (Wildman–Crippen MR) is 63.0 cm³/mol. The zero-order valence-corrected chi connectivity index (χ0v) is 10.2. The van der Waals surface area contributed by atoms with Gasteiger partial charge >= 0.3 is 0 Å². The third-order valence-corrected chi connectivity index (χ3v) is 4.46. The highest BCUT2D eigenvalue weighted by Crippen LogP contribution is 2.39. The van der Waals surface area contributed by atoms with Gasteiger partial charge in [0.2, 0.25) is 0 Å². The van der Waals surface area contributed by atoms with Crippen molar-refractivity contribution in [3.8, 4) is 0 Å².